The van der Waals surface area contributed by atoms with Crippen LogP contribution >= 0.6 is 0 Å². The zero-order valence-corrected chi connectivity index (χ0v) is 13.7. The van der Waals surface area contributed by atoms with E-state index in [1.54, 1.807) is 0 Å². The van der Waals surface area contributed by atoms with Gasteiger partial charge in [0.1, 0.15) is 5.75 Å². The summed E-state index contributed by atoms with van der Waals surface area (Å²) in [6.07, 6.45) is 5.28. The van der Waals surface area contributed by atoms with E-state index in [1.165, 1.54) is 6.42 Å². The molecule has 1 aromatic rings. The van der Waals surface area contributed by atoms with Crippen LogP contribution in [0.25, 0.3) is 0 Å². The molecule has 0 saturated heterocycles. The van der Waals surface area contributed by atoms with Gasteiger partial charge in [-0.15, -0.1) is 0 Å². The van der Waals surface area contributed by atoms with E-state index in [4.69, 9.17) is 4.74 Å². The maximum atomic E-state index is 10.2. The second-order valence-electron chi connectivity index (χ2n) is 7.51. The van der Waals surface area contributed by atoms with Gasteiger partial charge in [-0.05, 0) is 61.5 Å². The second kappa shape index (κ2) is 7.31. The molecule has 3 atom stereocenters. The number of para-hydroxylation sites is 1. The van der Waals surface area contributed by atoms with E-state index in [1.807, 2.05) is 30.3 Å². The molecule has 1 aromatic carbocycles. The van der Waals surface area contributed by atoms with Crippen LogP contribution in [-0.2, 0) is 0 Å². The molecular formula is C19H30O2. The second-order valence-corrected chi connectivity index (χ2v) is 7.51. The van der Waals surface area contributed by atoms with Gasteiger partial charge in [0.25, 0.3) is 0 Å². The fourth-order valence-electron chi connectivity index (χ4n) is 3.40. The van der Waals surface area contributed by atoms with Crippen LogP contribution in [0.5, 0.6) is 5.75 Å². The predicted molar refractivity (Wildman–Crippen MR) is 87.5 cm³/mol. The van der Waals surface area contributed by atoms with E-state index < -0.39 is 0 Å². The molecule has 2 heteroatoms. The lowest BCUT2D eigenvalue weighted by Gasteiger charge is -2.40. The van der Waals surface area contributed by atoms with Crippen molar-refractivity contribution in [2.45, 2.75) is 59.0 Å². The topological polar surface area (TPSA) is 29.5 Å². The first-order valence-electron chi connectivity index (χ1n) is 8.32. The summed E-state index contributed by atoms with van der Waals surface area (Å²) in [6.45, 7) is 7.72. The van der Waals surface area contributed by atoms with E-state index in [9.17, 15) is 5.11 Å². The summed E-state index contributed by atoms with van der Waals surface area (Å²) < 4.78 is 5.74. The number of ether oxygens (including phenoxy) is 1. The number of hydrogen-bond donors (Lipinski definition) is 1. The first kappa shape index (κ1) is 16.4. The lowest BCUT2D eigenvalue weighted by molar-refractivity contribution is 0.0137. The van der Waals surface area contributed by atoms with Crippen molar-refractivity contribution in [1.29, 1.82) is 0 Å². The number of hydrogen-bond acceptors (Lipinski definition) is 2. The van der Waals surface area contributed by atoms with Gasteiger partial charge < -0.3 is 9.84 Å². The van der Waals surface area contributed by atoms with Crippen molar-refractivity contribution < 1.29 is 9.84 Å². The molecule has 0 aromatic heterocycles. The molecule has 3 unspecified atom stereocenters. The van der Waals surface area contributed by atoms with Crippen molar-refractivity contribution >= 4 is 0 Å². The summed E-state index contributed by atoms with van der Waals surface area (Å²) >= 11 is 0. The van der Waals surface area contributed by atoms with E-state index in [0.29, 0.717) is 11.3 Å². The molecule has 0 aliphatic heterocycles. The van der Waals surface area contributed by atoms with Crippen molar-refractivity contribution in [1.82, 2.24) is 0 Å². The summed E-state index contributed by atoms with van der Waals surface area (Å²) in [7, 11) is 0. The molecule has 1 aliphatic rings. The Labute approximate surface area is 129 Å². The zero-order valence-electron chi connectivity index (χ0n) is 13.7. The molecule has 0 radical (unpaired) electrons. The highest BCUT2D eigenvalue weighted by molar-refractivity contribution is 5.20. The van der Waals surface area contributed by atoms with Crippen LogP contribution in [0.4, 0.5) is 0 Å². The van der Waals surface area contributed by atoms with Crippen LogP contribution in [0.3, 0.4) is 0 Å². The van der Waals surface area contributed by atoms with Gasteiger partial charge in [-0.25, -0.2) is 0 Å². The van der Waals surface area contributed by atoms with E-state index >= 15 is 0 Å². The van der Waals surface area contributed by atoms with Gasteiger partial charge in [-0.3, -0.25) is 0 Å². The van der Waals surface area contributed by atoms with Gasteiger partial charge in [-0.1, -0.05) is 39.0 Å². The molecule has 1 N–H and O–H groups in total. The molecule has 1 saturated carbocycles. The third kappa shape index (κ3) is 5.03. The number of benzene rings is 1. The minimum Gasteiger partial charge on any atom is -0.494 e. The standard InChI is InChI=1S/C19H30O2/c1-19(2,3)16-11-12-18(20)15(14-16)8-7-13-21-17-9-5-4-6-10-17/h4-6,9-10,15-16,18,20H,7-8,11-14H2,1-3H3. The maximum Gasteiger partial charge on any atom is 0.119 e. The van der Waals surface area contributed by atoms with Crippen molar-refractivity contribution in [2.75, 3.05) is 6.61 Å². The molecular weight excluding hydrogens is 260 g/mol. The Morgan fingerprint density at radius 2 is 1.86 bits per heavy atom. The molecule has 118 valence electrons. The molecule has 21 heavy (non-hydrogen) atoms. The van der Waals surface area contributed by atoms with Gasteiger partial charge >= 0.3 is 0 Å². The van der Waals surface area contributed by atoms with Crippen LogP contribution in [0.15, 0.2) is 30.3 Å². The highest BCUT2D eigenvalue weighted by atomic mass is 16.5. The third-order valence-corrected chi connectivity index (χ3v) is 4.90. The highest BCUT2D eigenvalue weighted by Gasteiger charge is 2.34. The Balaban J connectivity index is 1.73. The minimum atomic E-state index is -0.111. The van der Waals surface area contributed by atoms with Crippen LogP contribution in [0.2, 0.25) is 0 Å². The smallest absolute Gasteiger partial charge is 0.119 e. The van der Waals surface area contributed by atoms with Gasteiger partial charge in [0.05, 0.1) is 12.7 Å². The molecule has 2 rings (SSSR count). The lowest BCUT2D eigenvalue weighted by Crippen LogP contribution is -2.34. The monoisotopic (exact) mass is 290 g/mol. The number of rotatable bonds is 5. The van der Waals surface area contributed by atoms with Crippen molar-refractivity contribution in [2.24, 2.45) is 17.3 Å². The van der Waals surface area contributed by atoms with Crippen LogP contribution < -0.4 is 4.74 Å². The Morgan fingerprint density at radius 3 is 2.52 bits per heavy atom. The van der Waals surface area contributed by atoms with Crippen molar-refractivity contribution in [3.8, 4) is 5.75 Å². The quantitative estimate of drug-likeness (QED) is 0.799. The van der Waals surface area contributed by atoms with Gasteiger partial charge in [0.2, 0.25) is 0 Å². The third-order valence-electron chi connectivity index (χ3n) is 4.90. The summed E-state index contributed by atoms with van der Waals surface area (Å²) in [6, 6.07) is 9.97. The molecule has 1 aliphatic carbocycles. The molecule has 0 spiro atoms. The van der Waals surface area contributed by atoms with E-state index in [0.717, 1.165) is 44.0 Å². The Bertz CT molecular complexity index is 407. The van der Waals surface area contributed by atoms with Gasteiger partial charge in [0, 0.05) is 0 Å². The van der Waals surface area contributed by atoms with Crippen LogP contribution in [0, 0.1) is 17.3 Å². The van der Waals surface area contributed by atoms with E-state index in [2.05, 4.69) is 20.8 Å². The SMILES string of the molecule is CC(C)(C)C1CCC(O)C(CCCOc2ccccc2)C1. The van der Waals surface area contributed by atoms with Gasteiger partial charge in [-0.2, -0.15) is 0 Å². The number of aliphatic hydroxyl groups excluding tert-OH is 1. The fraction of sp³-hybridized carbons (Fsp3) is 0.684. The fourth-order valence-corrected chi connectivity index (χ4v) is 3.40. The average Bonchev–Trinajstić information content (AvgIpc) is 2.45. The molecule has 2 nitrogen and oxygen atoms in total. The summed E-state index contributed by atoms with van der Waals surface area (Å²) in [5, 5.41) is 10.2. The highest BCUT2D eigenvalue weighted by Crippen LogP contribution is 2.41. The van der Waals surface area contributed by atoms with Crippen molar-refractivity contribution in [3.05, 3.63) is 30.3 Å². The number of aliphatic hydroxyl groups is 1. The summed E-state index contributed by atoms with van der Waals surface area (Å²) in [5.74, 6) is 2.12. The van der Waals surface area contributed by atoms with Gasteiger partial charge in [0.15, 0.2) is 0 Å². The molecule has 0 amide bonds. The Morgan fingerprint density at radius 1 is 1.14 bits per heavy atom. The zero-order chi connectivity index (χ0) is 15.3. The Hall–Kier alpha value is -1.02. The van der Waals surface area contributed by atoms with E-state index in [-0.39, 0.29) is 6.10 Å². The van der Waals surface area contributed by atoms with Crippen molar-refractivity contribution in [3.63, 3.8) is 0 Å². The molecule has 1 fully saturated rings. The van der Waals surface area contributed by atoms with Crippen LogP contribution in [0.1, 0.15) is 52.9 Å². The predicted octanol–water partition coefficient (Wildman–Crippen LogP) is 4.67. The first-order chi connectivity index (χ1) is 9.97. The largest absolute Gasteiger partial charge is 0.494 e. The lowest BCUT2D eigenvalue weighted by atomic mass is 9.67. The first-order valence-corrected chi connectivity index (χ1v) is 8.32. The normalized spacial score (nSPS) is 26.6. The molecule has 0 bridgehead atoms. The summed E-state index contributed by atoms with van der Waals surface area (Å²) in [4.78, 5) is 0. The maximum absolute atomic E-state index is 10.2. The minimum absolute atomic E-state index is 0.111. The summed E-state index contributed by atoms with van der Waals surface area (Å²) in [5.41, 5.74) is 0.360. The van der Waals surface area contributed by atoms with Crippen LogP contribution in [-0.4, -0.2) is 17.8 Å². The Kier molecular flexibility index (Phi) is 5.69. The average molecular weight is 290 g/mol. The molecule has 0 heterocycles.